The Morgan fingerprint density at radius 1 is 1.00 bits per heavy atom. The molecule has 5 heteroatoms. The van der Waals surface area contributed by atoms with E-state index in [-0.39, 0.29) is 12.4 Å². The van der Waals surface area contributed by atoms with E-state index in [4.69, 9.17) is 28.9 Å². The highest BCUT2D eigenvalue weighted by atomic mass is 35.5. The molecule has 0 unspecified atom stereocenters. The van der Waals surface area contributed by atoms with Crippen molar-refractivity contribution in [1.82, 2.24) is 0 Å². The van der Waals surface area contributed by atoms with Gasteiger partial charge in [-0.2, -0.15) is 0 Å². The molecule has 0 saturated heterocycles. The smallest absolute Gasteiger partial charge is 0.0773 e. The molecule has 0 heterocycles. The van der Waals surface area contributed by atoms with Crippen LogP contribution in [0.1, 0.15) is 17.2 Å². The molecule has 0 amide bonds. The minimum Gasteiger partial charge on any atom is -0.391 e. The van der Waals surface area contributed by atoms with Crippen molar-refractivity contribution in [2.75, 3.05) is 0 Å². The quantitative estimate of drug-likeness (QED) is 0.888. The second-order valence-corrected chi connectivity index (χ2v) is 5.36. The lowest BCUT2D eigenvalue weighted by Gasteiger charge is -2.19. The number of nitrogens with two attached hydrogens (primary N) is 1. The average Bonchev–Trinajstić information content (AvgIpc) is 2.37. The molecule has 0 spiro atoms. The first-order valence-corrected chi connectivity index (χ1v) is 6.75. The molecule has 0 aliphatic carbocycles. The zero-order valence-electron chi connectivity index (χ0n) is 10.7. The van der Waals surface area contributed by atoms with Crippen LogP contribution >= 0.6 is 35.6 Å². The van der Waals surface area contributed by atoms with Gasteiger partial charge in [0.15, 0.2) is 0 Å². The third-order valence-electron chi connectivity index (χ3n) is 2.97. The SMILES string of the molecule is Cl.N[C@H](c1cc(Cl)cc(Cl)c1)[C@@H](O)Cc1ccccc1. The third-order valence-corrected chi connectivity index (χ3v) is 3.41. The van der Waals surface area contributed by atoms with Crippen LogP contribution in [-0.2, 0) is 6.42 Å². The summed E-state index contributed by atoms with van der Waals surface area (Å²) in [5.41, 5.74) is 7.83. The van der Waals surface area contributed by atoms with Gasteiger partial charge in [-0.1, -0.05) is 53.5 Å². The van der Waals surface area contributed by atoms with E-state index in [2.05, 4.69) is 0 Å². The molecule has 0 aliphatic rings. The van der Waals surface area contributed by atoms with Crippen molar-refractivity contribution in [3.8, 4) is 0 Å². The Balaban J connectivity index is 0.00000200. The van der Waals surface area contributed by atoms with E-state index in [1.54, 1.807) is 18.2 Å². The Morgan fingerprint density at radius 2 is 1.55 bits per heavy atom. The van der Waals surface area contributed by atoms with Gasteiger partial charge in [-0.15, -0.1) is 12.4 Å². The second kappa shape index (κ2) is 7.87. The number of aliphatic hydroxyl groups excluding tert-OH is 1. The highest BCUT2D eigenvalue weighted by Gasteiger charge is 2.18. The van der Waals surface area contributed by atoms with E-state index in [0.717, 1.165) is 11.1 Å². The number of benzene rings is 2. The molecule has 2 rings (SSSR count). The van der Waals surface area contributed by atoms with Crippen molar-refractivity contribution >= 4 is 35.6 Å². The highest BCUT2D eigenvalue weighted by molar-refractivity contribution is 6.34. The second-order valence-electron chi connectivity index (χ2n) is 4.49. The van der Waals surface area contributed by atoms with Gasteiger partial charge in [-0.25, -0.2) is 0 Å². The lowest BCUT2D eigenvalue weighted by Crippen LogP contribution is -2.28. The fraction of sp³-hybridized carbons (Fsp3) is 0.200. The summed E-state index contributed by atoms with van der Waals surface area (Å²) in [6.07, 6.45) is -0.191. The summed E-state index contributed by atoms with van der Waals surface area (Å²) in [7, 11) is 0. The molecule has 108 valence electrons. The number of rotatable bonds is 4. The van der Waals surface area contributed by atoms with Crippen molar-refractivity contribution < 1.29 is 5.11 Å². The summed E-state index contributed by atoms with van der Waals surface area (Å²) in [5, 5.41) is 11.2. The molecule has 2 aromatic rings. The van der Waals surface area contributed by atoms with Gasteiger partial charge >= 0.3 is 0 Å². The topological polar surface area (TPSA) is 46.2 Å². The van der Waals surface area contributed by atoms with E-state index < -0.39 is 12.1 Å². The molecule has 3 N–H and O–H groups in total. The van der Waals surface area contributed by atoms with Crippen molar-refractivity contribution in [2.45, 2.75) is 18.6 Å². The molecule has 0 saturated carbocycles. The van der Waals surface area contributed by atoms with E-state index >= 15 is 0 Å². The van der Waals surface area contributed by atoms with Gasteiger partial charge < -0.3 is 10.8 Å². The fourth-order valence-corrected chi connectivity index (χ4v) is 2.52. The van der Waals surface area contributed by atoms with Gasteiger partial charge in [0.05, 0.1) is 12.1 Å². The standard InChI is InChI=1S/C15H15Cl2NO.ClH/c16-12-7-11(8-13(17)9-12)15(18)14(19)6-10-4-2-1-3-5-10;/h1-5,7-9,14-15,19H,6,18H2;1H/t14-,15+;/m0./s1. The monoisotopic (exact) mass is 331 g/mol. The molecule has 0 bridgehead atoms. The summed E-state index contributed by atoms with van der Waals surface area (Å²) in [6, 6.07) is 14.3. The van der Waals surface area contributed by atoms with Crippen molar-refractivity contribution in [3.63, 3.8) is 0 Å². The van der Waals surface area contributed by atoms with Gasteiger partial charge in [0.2, 0.25) is 0 Å². The van der Waals surface area contributed by atoms with Gasteiger partial charge in [-0.05, 0) is 29.3 Å². The molecule has 2 atom stereocenters. The lowest BCUT2D eigenvalue weighted by atomic mass is 9.97. The Hall–Kier alpha value is -0.770. The van der Waals surface area contributed by atoms with Crippen molar-refractivity contribution in [2.24, 2.45) is 5.73 Å². The maximum atomic E-state index is 10.2. The number of aliphatic hydroxyl groups is 1. The van der Waals surface area contributed by atoms with Gasteiger partial charge in [0.25, 0.3) is 0 Å². The number of halogens is 3. The maximum absolute atomic E-state index is 10.2. The van der Waals surface area contributed by atoms with Crippen LogP contribution < -0.4 is 5.73 Å². The van der Waals surface area contributed by atoms with Crippen molar-refractivity contribution in [3.05, 3.63) is 69.7 Å². The summed E-state index contributed by atoms with van der Waals surface area (Å²) >= 11 is 11.9. The summed E-state index contributed by atoms with van der Waals surface area (Å²) in [5.74, 6) is 0. The van der Waals surface area contributed by atoms with Crippen LogP contribution in [0.5, 0.6) is 0 Å². The zero-order chi connectivity index (χ0) is 13.8. The number of hydrogen-bond acceptors (Lipinski definition) is 2. The molecule has 2 nitrogen and oxygen atoms in total. The van der Waals surface area contributed by atoms with Crippen LogP contribution in [0.2, 0.25) is 10.0 Å². The third kappa shape index (κ3) is 4.65. The predicted molar refractivity (Wildman–Crippen MR) is 86.8 cm³/mol. The molecule has 20 heavy (non-hydrogen) atoms. The van der Waals surface area contributed by atoms with Gasteiger partial charge in [0, 0.05) is 16.5 Å². The Morgan fingerprint density at radius 3 is 2.10 bits per heavy atom. The Bertz CT molecular complexity index is 528. The maximum Gasteiger partial charge on any atom is 0.0773 e. The number of hydrogen-bond donors (Lipinski definition) is 2. The Labute approximate surface area is 134 Å². The summed E-state index contributed by atoms with van der Waals surface area (Å²) in [6.45, 7) is 0. The first kappa shape index (κ1) is 17.3. The average molecular weight is 333 g/mol. The largest absolute Gasteiger partial charge is 0.391 e. The van der Waals surface area contributed by atoms with Crippen LogP contribution in [0.25, 0.3) is 0 Å². The van der Waals surface area contributed by atoms with Gasteiger partial charge in [0.1, 0.15) is 0 Å². The highest BCUT2D eigenvalue weighted by Crippen LogP contribution is 2.25. The minimum absolute atomic E-state index is 0. The molecule has 2 aromatic carbocycles. The first-order chi connectivity index (χ1) is 9.06. The molecule has 0 aromatic heterocycles. The van der Waals surface area contributed by atoms with E-state index in [1.165, 1.54) is 0 Å². The van der Waals surface area contributed by atoms with E-state index in [0.29, 0.717) is 16.5 Å². The molecule has 0 fully saturated rings. The van der Waals surface area contributed by atoms with Crippen LogP contribution in [0.4, 0.5) is 0 Å². The molecule has 0 radical (unpaired) electrons. The zero-order valence-corrected chi connectivity index (χ0v) is 13.0. The van der Waals surface area contributed by atoms with Crippen LogP contribution in [0.15, 0.2) is 48.5 Å². The fourth-order valence-electron chi connectivity index (χ4n) is 1.97. The summed E-state index contributed by atoms with van der Waals surface area (Å²) < 4.78 is 0. The molecule has 0 aliphatic heterocycles. The van der Waals surface area contributed by atoms with Crippen LogP contribution in [0, 0.1) is 0 Å². The Kier molecular flexibility index (Phi) is 6.80. The normalized spacial score (nSPS) is 13.4. The first-order valence-electron chi connectivity index (χ1n) is 6.00. The summed E-state index contributed by atoms with van der Waals surface area (Å²) in [4.78, 5) is 0. The lowest BCUT2D eigenvalue weighted by molar-refractivity contribution is 0.145. The van der Waals surface area contributed by atoms with Gasteiger partial charge in [-0.3, -0.25) is 0 Å². The van der Waals surface area contributed by atoms with Crippen LogP contribution in [-0.4, -0.2) is 11.2 Å². The van der Waals surface area contributed by atoms with E-state index in [1.807, 2.05) is 30.3 Å². The minimum atomic E-state index is -0.683. The predicted octanol–water partition coefficient (Wildman–Crippen LogP) is 4.02. The molecular weight excluding hydrogens is 317 g/mol. The van der Waals surface area contributed by atoms with Crippen LogP contribution in [0.3, 0.4) is 0 Å². The molecular formula is C15H16Cl3NO. The van der Waals surface area contributed by atoms with E-state index in [9.17, 15) is 5.11 Å². The van der Waals surface area contributed by atoms with Crippen molar-refractivity contribution in [1.29, 1.82) is 0 Å².